The van der Waals surface area contributed by atoms with E-state index >= 15 is 0 Å². The van der Waals surface area contributed by atoms with Crippen LogP contribution in [0.15, 0.2) is 30.5 Å². The lowest BCUT2D eigenvalue weighted by molar-refractivity contribution is 0.0697. The first-order valence-electron chi connectivity index (χ1n) is 8.66. The standard InChI is InChI=1S/C18H21FN6O3/c1-24(2)7-9-28-10-8-25-15-4-3-12(19)11-14(15)17(23-25)21-16-13(18(26)27)5-6-20-22-16/h3-6,11H,7-10H2,1-2H3,(H,26,27)(H,21,22,23). The minimum absolute atomic E-state index is 0.0352. The lowest BCUT2D eigenvalue weighted by atomic mass is 10.2. The van der Waals surface area contributed by atoms with E-state index in [2.05, 4.69) is 20.6 Å². The van der Waals surface area contributed by atoms with Crippen LogP contribution in [0.25, 0.3) is 10.9 Å². The molecule has 0 unspecified atom stereocenters. The molecule has 2 aromatic heterocycles. The Balaban J connectivity index is 1.85. The molecular formula is C18H21FN6O3. The van der Waals surface area contributed by atoms with Crippen LogP contribution < -0.4 is 5.32 Å². The molecule has 1 aromatic carbocycles. The van der Waals surface area contributed by atoms with Crippen LogP contribution in [0.3, 0.4) is 0 Å². The van der Waals surface area contributed by atoms with E-state index in [1.807, 2.05) is 19.0 Å². The Kier molecular flexibility index (Phi) is 6.12. The van der Waals surface area contributed by atoms with Crippen LogP contribution in [0.1, 0.15) is 10.4 Å². The van der Waals surface area contributed by atoms with Gasteiger partial charge in [0.2, 0.25) is 0 Å². The van der Waals surface area contributed by atoms with Crippen molar-refractivity contribution in [3.8, 4) is 0 Å². The molecule has 0 bridgehead atoms. The maximum atomic E-state index is 13.8. The van der Waals surface area contributed by atoms with Crippen molar-refractivity contribution < 1.29 is 19.0 Å². The van der Waals surface area contributed by atoms with Crippen molar-refractivity contribution >= 4 is 28.5 Å². The number of benzene rings is 1. The number of halogens is 1. The number of nitrogens with zero attached hydrogens (tertiary/aromatic N) is 5. The SMILES string of the molecule is CN(C)CCOCCn1nc(Nc2nnccc2C(=O)O)c2cc(F)ccc21. The fraction of sp³-hybridized carbons (Fsp3) is 0.333. The summed E-state index contributed by atoms with van der Waals surface area (Å²) in [6, 6.07) is 5.64. The monoisotopic (exact) mass is 388 g/mol. The van der Waals surface area contributed by atoms with Crippen molar-refractivity contribution in [1.82, 2.24) is 24.9 Å². The van der Waals surface area contributed by atoms with E-state index in [1.165, 1.54) is 24.4 Å². The Morgan fingerprint density at radius 2 is 2.11 bits per heavy atom. The number of anilines is 2. The third-order valence-corrected chi connectivity index (χ3v) is 4.03. The van der Waals surface area contributed by atoms with E-state index in [1.54, 1.807) is 10.7 Å². The van der Waals surface area contributed by atoms with E-state index in [0.29, 0.717) is 36.5 Å². The second-order valence-electron chi connectivity index (χ2n) is 6.37. The van der Waals surface area contributed by atoms with Gasteiger partial charge in [-0.1, -0.05) is 0 Å². The third kappa shape index (κ3) is 4.59. The molecule has 2 N–H and O–H groups in total. The normalized spacial score (nSPS) is 11.3. The first-order chi connectivity index (χ1) is 13.5. The molecule has 0 atom stereocenters. The largest absolute Gasteiger partial charge is 0.478 e. The molecule has 0 fully saturated rings. The summed E-state index contributed by atoms with van der Waals surface area (Å²) in [4.78, 5) is 13.4. The number of likely N-dealkylation sites (N-methyl/N-ethyl adjacent to an activating group) is 1. The molecule has 148 valence electrons. The van der Waals surface area contributed by atoms with Gasteiger partial charge in [-0.05, 0) is 38.4 Å². The molecule has 10 heteroatoms. The highest BCUT2D eigenvalue weighted by molar-refractivity contribution is 5.96. The van der Waals surface area contributed by atoms with Gasteiger partial charge in [0, 0.05) is 11.9 Å². The maximum Gasteiger partial charge on any atom is 0.339 e. The van der Waals surface area contributed by atoms with E-state index in [-0.39, 0.29) is 11.4 Å². The molecule has 0 radical (unpaired) electrons. The zero-order valence-electron chi connectivity index (χ0n) is 15.6. The van der Waals surface area contributed by atoms with Crippen molar-refractivity contribution in [1.29, 1.82) is 0 Å². The third-order valence-electron chi connectivity index (χ3n) is 4.03. The summed E-state index contributed by atoms with van der Waals surface area (Å²) in [5.74, 6) is -1.24. The van der Waals surface area contributed by atoms with Crippen LogP contribution in [0.4, 0.5) is 16.0 Å². The molecule has 0 saturated carbocycles. The van der Waals surface area contributed by atoms with Crippen molar-refractivity contribution in [2.75, 3.05) is 39.2 Å². The zero-order chi connectivity index (χ0) is 20.1. The number of hydrogen-bond donors (Lipinski definition) is 2. The van der Waals surface area contributed by atoms with Gasteiger partial charge in [0.25, 0.3) is 0 Å². The molecule has 0 aliphatic carbocycles. The summed E-state index contributed by atoms with van der Waals surface area (Å²) in [6.07, 6.45) is 1.29. The minimum Gasteiger partial charge on any atom is -0.478 e. The molecular weight excluding hydrogens is 367 g/mol. The minimum atomic E-state index is -1.15. The number of carbonyl (C=O) groups is 1. The molecule has 0 aliphatic rings. The Bertz CT molecular complexity index is 975. The van der Waals surface area contributed by atoms with Gasteiger partial charge in [-0.15, -0.1) is 5.10 Å². The first kappa shape index (κ1) is 19.6. The van der Waals surface area contributed by atoms with Crippen molar-refractivity contribution in [3.63, 3.8) is 0 Å². The number of hydrogen-bond acceptors (Lipinski definition) is 7. The van der Waals surface area contributed by atoms with Gasteiger partial charge in [-0.25, -0.2) is 9.18 Å². The zero-order valence-corrected chi connectivity index (χ0v) is 15.6. The smallest absolute Gasteiger partial charge is 0.339 e. The van der Waals surface area contributed by atoms with E-state index in [4.69, 9.17) is 4.74 Å². The van der Waals surface area contributed by atoms with Gasteiger partial charge in [0.1, 0.15) is 11.4 Å². The summed E-state index contributed by atoms with van der Waals surface area (Å²) in [5, 5.41) is 24.6. The van der Waals surface area contributed by atoms with E-state index < -0.39 is 11.8 Å². The van der Waals surface area contributed by atoms with Crippen LogP contribution in [-0.2, 0) is 11.3 Å². The fourth-order valence-electron chi connectivity index (χ4n) is 2.62. The molecule has 0 aliphatic heterocycles. The van der Waals surface area contributed by atoms with Gasteiger partial charge in [0.05, 0.1) is 31.5 Å². The summed E-state index contributed by atoms with van der Waals surface area (Å²) >= 11 is 0. The number of ether oxygens (including phenoxy) is 1. The second-order valence-corrected chi connectivity index (χ2v) is 6.37. The number of rotatable bonds is 9. The predicted octanol–water partition coefficient (Wildman–Crippen LogP) is 1.99. The quantitative estimate of drug-likeness (QED) is 0.536. The number of aromatic nitrogens is 4. The molecule has 28 heavy (non-hydrogen) atoms. The van der Waals surface area contributed by atoms with Crippen LogP contribution in [0.2, 0.25) is 0 Å². The fourth-order valence-corrected chi connectivity index (χ4v) is 2.62. The molecule has 9 nitrogen and oxygen atoms in total. The predicted molar refractivity (Wildman–Crippen MR) is 101 cm³/mol. The maximum absolute atomic E-state index is 13.8. The summed E-state index contributed by atoms with van der Waals surface area (Å²) in [6.45, 7) is 2.30. The van der Waals surface area contributed by atoms with Crippen molar-refractivity contribution in [2.45, 2.75) is 6.54 Å². The Labute approximate surface area is 160 Å². The lowest BCUT2D eigenvalue weighted by Gasteiger charge is -2.10. The topological polar surface area (TPSA) is 105 Å². The van der Waals surface area contributed by atoms with Gasteiger partial charge < -0.3 is 20.1 Å². The van der Waals surface area contributed by atoms with Crippen molar-refractivity contribution in [3.05, 3.63) is 41.8 Å². The summed E-state index contributed by atoms with van der Waals surface area (Å²) in [7, 11) is 3.93. The van der Waals surface area contributed by atoms with Crippen molar-refractivity contribution in [2.24, 2.45) is 0 Å². The molecule has 2 heterocycles. The molecule has 0 saturated heterocycles. The Morgan fingerprint density at radius 1 is 1.29 bits per heavy atom. The second kappa shape index (κ2) is 8.72. The highest BCUT2D eigenvalue weighted by Gasteiger charge is 2.16. The van der Waals surface area contributed by atoms with Crippen LogP contribution in [0, 0.1) is 5.82 Å². The van der Waals surface area contributed by atoms with Crippen LogP contribution >= 0.6 is 0 Å². The van der Waals surface area contributed by atoms with Crippen LogP contribution in [0.5, 0.6) is 0 Å². The Hall–Kier alpha value is -3.11. The number of fused-ring (bicyclic) bond motifs is 1. The molecule has 3 aromatic rings. The molecule has 0 spiro atoms. The van der Waals surface area contributed by atoms with Gasteiger partial charge in [-0.3, -0.25) is 4.68 Å². The van der Waals surface area contributed by atoms with Gasteiger partial charge >= 0.3 is 5.97 Å². The lowest BCUT2D eigenvalue weighted by Crippen LogP contribution is -2.19. The van der Waals surface area contributed by atoms with Crippen LogP contribution in [-0.4, -0.2) is 69.8 Å². The Morgan fingerprint density at radius 3 is 2.86 bits per heavy atom. The van der Waals surface area contributed by atoms with Gasteiger partial charge in [-0.2, -0.15) is 10.2 Å². The summed E-state index contributed by atoms with van der Waals surface area (Å²) < 4.78 is 21.1. The first-order valence-corrected chi connectivity index (χ1v) is 8.66. The number of nitrogens with one attached hydrogen (secondary N) is 1. The highest BCUT2D eigenvalue weighted by atomic mass is 19.1. The van der Waals surface area contributed by atoms with E-state index in [0.717, 1.165) is 6.54 Å². The molecule has 3 rings (SSSR count). The number of carboxylic acid groups (broad SMARTS) is 1. The van der Waals surface area contributed by atoms with Gasteiger partial charge in [0.15, 0.2) is 11.6 Å². The van der Waals surface area contributed by atoms with E-state index in [9.17, 15) is 14.3 Å². The number of carboxylic acids is 1. The number of aromatic carboxylic acids is 1. The molecule has 0 amide bonds. The average Bonchev–Trinajstić information content (AvgIpc) is 2.98. The highest BCUT2D eigenvalue weighted by Crippen LogP contribution is 2.27. The summed E-state index contributed by atoms with van der Waals surface area (Å²) in [5.41, 5.74) is 0.641. The average molecular weight is 388 g/mol.